The summed E-state index contributed by atoms with van der Waals surface area (Å²) < 4.78 is 21.4. The summed E-state index contributed by atoms with van der Waals surface area (Å²) in [5, 5.41) is 3.92. The molecular weight excluding hydrogens is 434 g/mol. The van der Waals surface area contributed by atoms with Crippen LogP contribution in [-0.4, -0.2) is 32.3 Å². The second-order valence-corrected chi connectivity index (χ2v) is 10.5. The Morgan fingerprint density at radius 1 is 1.00 bits per heavy atom. The van der Waals surface area contributed by atoms with Gasteiger partial charge in [0, 0.05) is 30.1 Å². The molecule has 0 unspecified atom stereocenters. The van der Waals surface area contributed by atoms with Gasteiger partial charge in [0.2, 0.25) is 0 Å². The lowest BCUT2D eigenvalue weighted by molar-refractivity contribution is 0.102. The van der Waals surface area contributed by atoms with E-state index in [1.165, 1.54) is 0 Å². The van der Waals surface area contributed by atoms with E-state index in [-0.39, 0.29) is 11.7 Å². The van der Waals surface area contributed by atoms with Crippen molar-refractivity contribution in [3.05, 3.63) is 95.6 Å². The third-order valence-electron chi connectivity index (χ3n) is 5.89. The SMILES string of the molecule is Cc1ccc2nc(N3CCS(O)(O)c4ccccc4C3)cc(NC(=O)c3ccccc3)c2c1. The van der Waals surface area contributed by atoms with Crippen LogP contribution < -0.4 is 10.2 Å². The number of rotatable bonds is 3. The molecule has 0 atom stereocenters. The minimum atomic E-state index is -2.87. The lowest BCUT2D eigenvalue weighted by atomic mass is 10.1. The average molecular weight is 460 g/mol. The molecule has 0 radical (unpaired) electrons. The summed E-state index contributed by atoms with van der Waals surface area (Å²) in [6.07, 6.45) is 0. The molecule has 0 aliphatic carbocycles. The predicted octanol–water partition coefficient (Wildman–Crippen LogP) is 5.93. The van der Waals surface area contributed by atoms with E-state index < -0.39 is 10.6 Å². The first kappa shape index (κ1) is 21.5. The van der Waals surface area contributed by atoms with Gasteiger partial charge in [0.1, 0.15) is 5.82 Å². The number of benzene rings is 3. The molecule has 7 heteroatoms. The van der Waals surface area contributed by atoms with E-state index in [0.29, 0.717) is 35.1 Å². The number of nitrogens with one attached hydrogen (secondary N) is 1. The lowest BCUT2D eigenvalue weighted by Gasteiger charge is -2.32. The number of nitrogens with zero attached hydrogens (tertiary/aromatic N) is 2. The number of hydrogen-bond donors (Lipinski definition) is 3. The van der Waals surface area contributed by atoms with Crippen LogP contribution in [0.4, 0.5) is 11.5 Å². The molecule has 0 saturated heterocycles. The second-order valence-electron chi connectivity index (χ2n) is 8.27. The Kier molecular flexibility index (Phi) is 5.54. The van der Waals surface area contributed by atoms with Crippen LogP contribution in [-0.2, 0) is 6.54 Å². The normalized spacial score (nSPS) is 16.0. The minimum absolute atomic E-state index is 0.189. The molecule has 0 bridgehead atoms. The molecule has 3 N–H and O–H groups in total. The first-order valence-electron chi connectivity index (χ1n) is 10.8. The molecule has 33 heavy (non-hydrogen) atoms. The molecule has 1 aromatic heterocycles. The molecular formula is C26H25N3O3S. The molecule has 5 rings (SSSR count). The van der Waals surface area contributed by atoms with Crippen molar-refractivity contribution in [1.82, 2.24) is 4.98 Å². The maximum Gasteiger partial charge on any atom is 0.255 e. The van der Waals surface area contributed by atoms with Crippen molar-refractivity contribution in [2.45, 2.75) is 18.4 Å². The third-order valence-corrected chi connectivity index (χ3v) is 7.75. The molecule has 0 fully saturated rings. The Bertz CT molecular complexity index is 1340. The van der Waals surface area contributed by atoms with Crippen molar-refractivity contribution >= 4 is 38.9 Å². The molecule has 1 aliphatic heterocycles. The fraction of sp³-hybridized carbons (Fsp3) is 0.154. The van der Waals surface area contributed by atoms with Gasteiger partial charge in [0.05, 0.1) is 21.9 Å². The highest BCUT2D eigenvalue weighted by molar-refractivity contribution is 8.24. The van der Waals surface area contributed by atoms with Crippen LogP contribution in [0.25, 0.3) is 10.9 Å². The van der Waals surface area contributed by atoms with Gasteiger partial charge in [-0.25, -0.2) is 4.98 Å². The number of amides is 1. The number of carbonyl (C=O) groups is 1. The van der Waals surface area contributed by atoms with E-state index in [4.69, 9.17) is 4.98 Å². The van der Waals surface area contributed by atoms with Crippen molar-refractivity contribution in [2.75, 3.05) is 22.5 Å². The first-order valence-corrected chi connectivity index (χ1v) is 12.5. The van der Waals surface area contributed by atoms with Crippen LogP contribution in [0.2, 0.25) is 0 Å². The molecule has 0 spiro atoms. The highest BCUT2D eigenvalue weighted by atomic mass is 32.3. The maximum absolute atomic E-state index is 12.9. The monoisotopic (exact) mass is 459 g/mol. The standard InChI is InChI=1S/C26H25N3O3S/c1-18-11-12-22-21(15-18)23(28-26(30)19-7-3-2-4-8-19)16-25(27-22)29-13-14-33(31,32)24-10-6-5-9-20(24)17-29/h2-12,15-16,31-32H,13-14,17H2,1H3,(H,27,28,30). The van der Waals surface area contributed by atoms with E-state index in [9.17, 15) is 13.9 Å². The van der Waals surface area contributed by atoms with Gasteiger partial charge in [-0.1, -0.05) is 48.0 Å². The molecule has 1 aliphatic rings. The number of aromatic nitrogens is 1. The van der Waals surface area contributed by atoms with Crippen LogP contribution in [0.5, 0.6) is 0 Å². The van der Waals surface area contributed by atoms with E-state index in [1.807, 2.05) is 72.5 Å². The van der Waals surface area contributed by atoms with Gasteiger partial charge in [-0.15, -0.1) is 0 Å². The van der Waals surface area contributed by atoms with Crippen LogP contribution in [0.15, 0.2) is 83.8 Å². The molecule has 3 aromatic carbocycles. The zero-order valence-corrected chi connectivity index (χ0v) is 19.0. The Morgan fingerprint density at radius 2 is 1.76 bits per heavy atom. The summed E-state index contributed by atoms with van der Waals surface area (Å²) in [4.78, 5) is 20.4. The summed E-state index contributed by atoms with van der Waals surface area (Å²) in [6.45, 7) is 2.95. The van der Waals surface area contributed by atoms with Crippen LogP contribution in [0.1, 0.15) is 21.5 Å². The van der Waals surface area contributed by atoms with Gasteiger partial charge in [0.25, 0.3) is 5.91 Å². The summed E-state index contributed by atoms with van der Waals surface area (Å²) in [5.74, 6) is 0.719. The Morgan fingerprint density at radius 3 is 2.58 bits per heavy atom. The Labute approximate surface area is 194 Å². The summed E-state index contributed by atoms with van der Waals surface area (Å²) in [7, 11) is -2.87. The van der Waals surface area contributed by atoms with E-state index in [2.05, 4.69) is 5.32 Å². The van der Waals surface area contributed by atoms with Gasteiger partial charge in [-0.05, 0) is 42.8 Å². The fourth-order valence-electron chi connectivity index (χ4n) is 4.16. The smallest absolute Gasteiger partial charge is 0.255 e. The van der Waals surface area contributed by atoms with E-state index in [1.54, 1.807) is 18.2 Å². The summed E-state index contributed by atoms with van der Waals surface area (Å²) in [5.41, 5.74) is 3.97. The summed E-state index contributed by atoms with van der Waals surface area (Å²) in [6, 6.07) is 24.4. The van der Waals surface area contributed by atoms with Gasteiger partial charge < -0.3 is 10.2 Å². The minimum Gasteiger partial charge on any atom is -0.351 e. The Balaban J connectivity index is 1.57. The van der Waals surface area contributed by atoms with Crippen molar-refractivity contribution in [1.29, 1.82) is 0 Å². The Hall–Kier alpha value is -3.39. The average Bonchev–Trinajstić information content (AvgIpc) is 2.96. The number of carbonyl (C=O) groups excluding carboxylic acids is 1. The third kappa shape index (κ3) is 4.30. The number of hydrogen-bond acceptors (Lipinski definition) is 5. The van der Waals surface area contributed by atoms with E-state index >= 15 is 0 Å². The highest BCUT2D eigenvalue weighted by Crippen LogP contribution is 2.51. The molecule has 0 saturated carbocycles. The molecule has 1 amide bonds. The van der Waals surface area contributed by atoms with Crippen molar-refractivity contribution in [3.63, 3.8) is 0 Å². The van der Waals surface area contributed by atoms with Gasteiger partial charge in [-0.3, -0.25) is 13.9 Å². The summed E-state index contributed by atoms with van der Waals surface area (Å²) >= 11 is 0. The highest BCUT2D eigenvalue weighted by Gasteiger charge is 2.26. The zero-order chi connectivity index (χ0) is 23.0. The lowest BCUT2D eigenvalue weighted by Crippen LogP contribution is -2.26. The number of anilines is 2. The molecule has 168 valence electrons. The van der Waals surface area contributed by atoms with Gasteiger partial charge in [-0.2, -0.15) is 10.6 Å². The van der Waals surface area contributed by atoms with E-state index in [0.717, 1.165) is 22.0 Å². The van der Waals surface area contributed by atoms with Crippen molar-refractivity contribution < 1.29 is 13.9 Å². The topological polar surface area (TPSA) is 85.7 Å². The predicted molar refractivity (Wildman–Crippen MR) is 134 cm³/mol. The van der Waals surface area contributed by atoms with Crippen molar-refractivity contribution in [2.24, 2.45) is 0 Å². The second kappa shape index (κ2) is 8.51. The number of aryl methyl sites for hydroxylation is 1. The largest absolute Gasteiger partial charge is 0.351 e. The molecule has 2 heterocycles. The first-order chi connectivity index (χ1) is 15.9. The zero-order valence-electron chi connectivity index (χ0n) is 18.2. The number of pyridine rings is 1. The van der Waals surface area contributed by atoms with Crippen LogP contribution in [0.3, 0.4) is 0 Å². The fourth-order valence-corrected chi connectivity index (χ4v) is 5.70. The maximum atomic E-state index is 12.9. The molecule has 4 aromatic rings. The van der Waals surface area contributed by atoms with Gasteiger partial charge >= 0.3 is 0 Å². The van der Waals surface area contributed by atoms with Crippen LogP contribution in [0, 0.1) is 6.92 Å². The van der Waals surface area contributed by atoms with Crippen molar-refractivity contribution in [3.8, 4) is 0 Å². The number of fused-ring (bicyclic) bond motifs is 2. The van der Waals surface area contributed by atoms with Crippen LogP contribution >= 0.6 is 10.6 Å². The quantitative estimate of drug-likeness (QED) is 0.354. The van der Waals surface area contributed by atoms with Gasteiger partial charge in [0.15, 0.2) is 0 Å². The molecule has 6 nitrogen and oxygen atoms in total.